The molecule has 0 radical (unpaired) electrons. The van der Waals surface area contributed by atoms with Gasteiger partial charge in [0.1, 0.15) is 0 Å². The van der Waals surface area contributed by atoms with E-state index in [9.17, 15) is 5.11 Å². The van der Waals surface area contributed by atoms with Gasteiger partial charge in [-0.2, -0.15) is 0 Å². The third-order valence-corrected chi connectivity index (χ3v) is 2.54. The highest BCUT2D eigenvalue weighted by atomic mass is 16.3. The lowest BCUT2D eigenvalue weighted by Gasteiger charge is -2.32. The van der Waals surface area contributed by atoms with Crippen LogP contribution >= 0.6 is 0 Å². The quantitative estimate of drug-likeness (QED) is 0.831. The third kappa shape index (κ3) is 3.20. The summed E-state index contributed by atoms with van der Waals surface area (Å²) >= 11 is 0. The zero-order chi connectivity index (χ0) is 12.1. The van der Waals surface area contributed by atoms with Gasteiger partial charge in [-0.3, -0.25) is 4.98 Å². The van der Waals surface area contributed by atoms with E-state index in [0.29, 0.717) is 12.0 Å². The van der Waals surface area contributed by atoms with Crippen molar-refractivity contribution in [2.24, 2.45) is 5.92 Å². The number of aromatic nitrogens is 1. The molecule has 90 valence electrons. The van der Waals surface area contributed by atoms with Crippen molar-refractivity contribution in [1.29, 1.82) is 0 Å². The van der Waals surface area contributed by atoms with E-state index in [1.807, 2.05) is 6.07 Å². The maximum atomic E-state index is 9.32. The van der Waals surface area contributed by atoms with Crippen LogP contribution in [0.3, 0.4) is 0 Å². The lowest BCUT2D eigenvalue weighted by molar-refractivity contribution is 0.281. The van der Waals surface area contributed by atoms with E-state index in [0.717, 1.165) is 17.8 Å². The Kier molecular flexibility index (Phi) is 4.74. The van der Waals surface area contributed by atoms with Gasteiger partial charge >= 0.3 is 0 Å². The molecule has 3 nitrogen and oxygen atoms in total. The number of aliphatic hydroxyl groups excluding tert-OH is 1. The van der Waals surface area contributed by atoms with E-state index in [1.54, 1.807) is 12.4 Å². The SMILES string of the molecule is CC(C)CN(c1ccncc1CO)C(C)C. The number of nitrogens with zero attached hydrogens (tertiary/aromatic N) is 2. The molecule has 1 heterocycles. The van der Waals surface area contributed by atoms with Gasteiger partial charge in [0.25, 0.3) is 0 Å². The molecule has 0 saturated heterocycles. The number of anilines is 1. The first kappa shape index (κ1) is 13.0. The van der Waals surface area contributed by atoms with Crippen molar-refractivity contribution in [2.75, 3.05) is 11.4 Å². The van der Waals surface area contributed by atoms with Gasteiger partial charge in [0, 0.05) is 36.2 Å². The summed E-state index contributed by atoms with van der Waals surface area (Å²) in [5.41, 5.74) is 2.00. The van der Waals surface area contributed by atoms with Gasteiger partial charge in [0.2, 0.25) is 0 Å². The summed E-state index contributed by atoms with van der Waals surface area (Å²) in [6.45, 7) is 9.79. The van der Waals surface area contributed by atoms with Gasteiger partial charge in [0.05, 0.1) is 6.61 Å². The number of pyridine rings is 1. The van der Waals surface area contributed by atoms with E-state index in [1.165, 1.54) is 0 Å². The fourth-order valence-corrected chi connectivity index (χ4v) is 1.80. The summed E-state index contributed by atoms with van der Waals surface area (Å²) in [5.74, 6) is 0.599. The van der Waals surface area contributed by atoms with Crippen LogP contribution in [0.2, 0.25) is 0 Å². The van der Waals surface area contributed by atoms with Crippen molar-refractivity contribution in [3.63, 3.8) is 0 Å². The monoisotopic (exact) mass is 222 g/mol. The van der Waals surface area contributed by atoms with Crippen molar-refractivity contribution in [2.45, 2.75) is 40.3 Å². The predicted molar refractivity (Wildman–Crippen MR) is 67.5 cm³/mol. The molecule has 0 unspecified atom stereocenters. The summed E-state index contributed by atoms with van der Waals surface area (Å²) < 4.78 is 0. The topological polar surface area (TPSA) is 36.4 Å². The number of hydrogen-bond donors (Lipinski definition) is 1. The van der Waals surface area contributed by atoms with Crippen molar-refractivity contribution < 1.29 is 5.11 Å². The van der Waals surface area contributed by atoms with Gasteiger partial charge in [-0.1, -0.05) is 13.8 Å². The molecule has 0 amide bonds. The first-order chi connectivity index (χ1) is 7.56. The van der Waals surface area contributed by atoms with E-state index in [-0.39, 0.29) is 6.61 Å². The fraction of sp³-hybridized carbons (Fsp3) is 0.615. The predicted octanol–water partition coefficient (Wildman–Crippen LogP) is 2.44. The Balaban J connectivity index is 3.00. The van der Waals surface area contributed by atoms with Gasteiger partial charge in [0.15, 0.2) is 0 Å². The number of rotatable bonds is 5. The summed E-state index contributed by atoms with van der Waals surface area (Å²) in [5, 5.41) is 9.32. The molecule has 0 fully saturated rings. The van der Waals surface area contributed by atoms with Crippen LogP contribution in [0.25, 0.3) is 0 Å². The van der Waals surface area contributed by atoms with Crippen LogP contribution in [0.1, 0.15) is 33.3 Å². The van der Waals surface area contributed by atoms with Crippen molar-refractivity contribution in [3.05, 3.63) is 24.0 Å². The molecule has 1 aromatic heterocycles. The molecular weight excluding hydrogens is 200 g/mol. The second kappa shape index (κ2) is 5.85. The highest BCUT2D eigenvalue weighted by molar-refractivity contribution is 5.52. The molecule has 1 N–H and O–H groups in total. The largest absolute Gasteiger partial charge is 0.392 e. The van der Waals surface area contributed by atoms with Gasteiger partial charge in [-0.15, -0.1) is 0 Å². The highest BCUT2D eigenvalue weighted by Gasteiger charge is 2.15. The Morgan fingerprint density at radius 1 is 1.31 bits per heavy atom. The second-order valence-corrected chi connectivity index (χ2v) is 4.80. The Labute approximate surface area is 98.1 Å². The average molecular weight is 222 g/mol. The van der Waals surface area contributed by atoms with Crippen LogP contribution in [0.15, 0.2) is 18.5 Å². The van der Waals surface area contributed by atoms with Crippen LogP contribution in [0.4, 0.5) is 5.69 Å². The molecule has 3 heteroatoms. The van der Waals surface area contributed by atoms with E-state index in [2.05, 4.69) is 37.6 Å². The Morgan fingerprint density at radius 2 is 2.00 bits per heavy atom. The molecule has 0 saturated carbocycles. The van der Waals surface area contributed by atoms with E-state index >= 15 is 0 Å². The Hall–Kier alpha value is -1.09. The molecule has 1 aromatic rings. The molecule has 0 aliphatic heterocycles. The third-order valence-electron chi connectivity index (χ3n) is 2.54. The highest BCUT2D eigenvalue weighted by Crippen LogP contribution is 2.22. The molecule has 0 atom stereocenters. The average Bonchev–Trinajstić information content (AvgIpc) is 2.25. The number of hydrogen-bond acceptors (Lipinski definition) is 3. The molecule has 0 spiro atoms. The maximum absolute atomic E-state index is 9.32. The van der Waals surface area contributed by atoms with Crippen molar-refractivity contribution in [1.82, 2.24) is 4.98 Å². The van der Waals surface area contributed by atoms with Crippen LogP contribution in [0.5, 0.6) is 0 Å². The molecule has 1 rings (SSSR count). The standard InChI is InChI=1S/C13H22N2O/c1-10(2)8-15(11(3)4)13-5-6-14-7-12(13)9-16/h5-7,10-11,16H,8-9H2,1-4H3. The Bertz CT molecular complexity index is 323. The van der Waals surface area contributed by atoms with E-state index < -0.39 is 0 Å². The van der Waals surface area contributed by atoms with Crippen LogP contribution in [-0.4, -0.2) is 22.7 Å². The zero-order valence-corrected chi connectivity index (χ0v) is 10.6. The number of aliphatic hydroxyl groups is 1. The molecular formula is C13H22N2O. The minimum absolute atomic E-state index is 0.0461. The van der Waals surface area contributed by atoms with Gasteiger partial charge < -0.3 is 10.0 Å². The van der Waals surface area contributed by atoms with Crippen LogP contribution in [-0.2, 0) is 6.61 Å². The summed E-state index contributed by atoms with van der Waals surface area (Å²) in [7, 11) is 0. The van der Waals surface area contributed by atoms with Crippen molar-refractivity contribution in [3.8, 4) is 0 Å². The zero-order valence-electron chi connectivity index (χ0n) is 10.6. The Morgan fingerprint density at radius 3 is 2.50 bits per heavy atom. The molecule has 0 aliphatic rings. The lowest BCUT2D eigenvalue weighted by atomic mass is 10.1. The molecule has 0 aliphatic carbocycles. The van der Waals surface area contributed by atoms with Gasteiger partial charge in [-0.05, 0) is 25.8 Å². The van der Waals surface area contributed by atoms with E-state index in [4.69, 9.17) is 0 Å². The fourth-order valence-electron chi connectivity index (χ4n) is 1.80. The summed E-state index contributed by atoms with van der Waals surface area (Å²) in [6.07, 6.45) is 3.52. The first-order valence-corrected chi connectivity index (χ1v) is 5.86. The summed E-state index contributed by atoms with van der Waals surface area (Å²) in [4.78, 5) is 6.37. The minimum atomic E-state index is 0.0461. The molecule has 16 heavy (non-hydrogen) atoms. The molecule has 0 bridgehead atoms. The van der Waals surface area contributed by atoms with Crippen LogP contribution in [0, 0.1) is 5.92 Å². The lowest BCUT2D eigenvalue weighted by Crippen LogP contribution is -2.34. The second-order valence-electron chi connectivity index (χ2n) is 4.80. The maximum Gasteiger partial charge on any atom is 0.0717 e. The summed E-state index contributed by atoms with van der Waals surface area (Å²) in [6, 6.07) is 2.41. The first-order valence-electron chi connectivity index (χ1n) is 5.86. The van der Waals surface area contributed by atoms with Crippen molar-refractivity contribution >= 4 is 5.69 Å². The molecule has 0 aromatic carbocycles. The van der Waals surface area contributed by atoms with Crippen LogP contribution < -0.4 is 4.90 Å². The van der Waals surface area contributed by atoms with Gasteiger partial charge in [-0.25, -0.2) is 0 Å². The normalized spacial score (nSPS) is 11.2. The smallest absolute Gasteiger partial charge is 0.0717 e. The minimum Gasteiger partial charge on any atom is -0.392 e.